The predicted octanol–water partition coefficient (Wildman–Crippen LogP) is 1.53. The van der Waals surface area contributed by atoms with Crippen LogP contribution in [-0.4, -0.2) is 29.8 Å². The van der Waals surface area contributed by atoms with E-state index >= 15 is 0 Å². The fourth-order valence-corrected chi connectivity index (χ4v) is 1.40. The van der Waals surface area contributed by atoms with Crippen molar-refractivity contribution in [2.45, 2.75) is 19.6 Å². The molecule has 0 aromatic heterocycles. The molecule has 2 amide bonds. The summed E-state index contributed by atoms with van der Waals surface area (Å²) in [6, 6.07) is 6.46. The molecule has 18 heavy (non-hydrogen) atoms. The van der Waals surface area contributed by atoms with Crippen molar-refractivity contribution >= 4 is 11.8 Å². The zero-order valence-corrected chi connectivity index (χ0v) is 10.3. The number of rotatable bonds is 4. The van der Waals surface area contributed by atoms with Crippen LogP contribution in [0.3, 0.4) is 0 Å². The Balaban J connectivity index is 2.14. The molecular formula is C12H13NO5. The molecule has 1 aromatic rings. The number of hydrogen-bond donors (Lipinski definition) is 0. The molecular weight excluding hydrogens is 238 g/mol. The summed E-state index contributed by atoms with van der Waals surface area (Å²) in [5, 5.41) is 0.575. The number of nitrogens with zero attached hydrogens (tertiary/aromatic N) is 1. The second-order valence-corrected chi connectivity index (χ2v) is 4.21. The summed E-state index contributed by atoms with van der Waals surface area (Å²) in [7, 11) is 1.42. The van der Waals surface area contributed by atoms with Crippen molar-refractivity contribution in [3.63, 3.8) is 0 Å². The third-order valence-corrected chi connectivity index (χ3v) is 2.56. The molecule has 2 rings (SSSR count). The van der Waals surface area contributed by atoms with E-state index in [1.165, 1.54) is 7.11 Å². The molecule has 0 bridgehead atoms. The number of benzene rings is 1. The highest BCUT2D eigenvalue weighted by Crippen LogP contribution is 2.24. The van der Waals surface area contributed by atoms with Crippen LogP contribution in [0.5, 0.6) is 0 Å². The minimum Gasteiger partial charge on any atom is -0.351 e. The van der Waals surface area contributed by atoms with Crippen LogP contribution in [0, 0.1) is 0 Å². The molecule has 1 aromatic carbocycles. The Kier molecular flexibility index (Phi) is 3.16. The Morgan fingerprint density at radius 2 is 1.56 bits per heavy atom. The smallest absolute Gasteiger partial charge is 0.288 e. The van der Waals surface area contributed by atoms with Crippen molar-refractivity contribution in [3.05, 3.63) is 35.4 Å². The monoisotopic (exact) mass is 251 g/mol. The maximum absolute atomic E-state index is 11.9. The lowest BCUT2D eigenvalue weighted by Crippen LogP contribution is -2.36. The predicted molar refractivity (Wildman–Crippen MR) is 60.2 cm³/mol. The number of fused-ring (bicyclic) bond motifs is 1. The van der Waals surface area contributed by atoms with Crippen LogP contribution in [0.1, 0.15) is 34.6 Å². The van der Waals surface area contributed by atoms with E-state index in [-0.39, 0.29) is 0 Å². The van der Waals surface area contributed by atoms with Crippen molar-refractivity contribution in [3.8, 4) is 0 Å². The Bertz CT molecular complexity index is 462. The summed E-state index contributed by atoms with van der Waals surface area (Å²) in [5.74, 6) is -2.17. The lowest BCUT2D eigenvalue weighted by Gasteiger charge is -2.23. The average Bonchev–Trinajstić information content (AvgIpc) is 2.61. The number of hydrogen-bond acceptors (Lipinski definition) is 5. The largest absolute Gasteiger partial charge is 0.351 e. The molecule has 96 valence electrons. The second-order valence-electron chi connectivity index (χ2n) is 4.21. The van der Waals surface area contributed by atoms with Crippen LogP contribution in [0.4, 0.5) is 0 Å². The molecule has 0 unspecified atom stereocenters. The molecule has 0 saturated heterocycles. The molecule has 0 atom stereocenters. The molecule has 0 saturated carbocycles. The standard InChI is InChI=1S/C12H13NO5/c1-12(2,16-3)17-18-13-10(14)8-6-4-5-7-9(8)11(13)15/h4-7H,1-3H3. The van der Waals surface area contributed by atoms with Gasteiger partial charge in [-0.25, -0.2) is 0 Å². The Morgan fingerprint density at radius 3 is 2.00 bits per heavy atom. The number of amides is 2. The van der Waals surface area contributed by atoms with E-state index in [1.807, 2.05) is 0 Å². The van der Waals surface area contributed by atoms with E-state index in [1.54, 1.807) is 38.1 Å². The fourth-order valence-electron chi connectivity index (χ4n) is 1.40. The van der Waals surface area contributed by atoms with Gasteiger partial charge in [-0.15, -0.1) is 5.06 Å². The molecule has 0 N–H and O–H groups in total. The molecule has 0 spiro atoms. The Morgan fingerprint density at radius 1 is 1.06 bits per heavy atom. The minimum absolute atomic E-state index is 0.293. The fraction of sp³-hybridized carbons (Fsp3) is 0.333. The zero-order valence-electron chi connectivity index (χ0n) is 10.3. The van der Waals surface area contributed by atoms with E-state index in [0.717, 1.165) is 0 Å². The Hall–Kier alpha value is -1.76. The lowest BCUT2D eigenvalue weighted by atomic mass is 10.1. The van der Waals surface area contributed by atoms with Gasteiger partial charge in [-0.3, -0.25) is 9.59 Å². The molecule has 6 heteroatoms. The van der Waals surface area contributed by atoms with Gasteiger partial charge in [0.05, 0.1) is 11.1 Å². The van der Waals surface area contributed by atoms with Crippen molar-refractivity contribution in [2.75, 3.05) is 7.11 Å². The van der Waals surface area contributed by atoms with E-state index in [0.29, 0.717) is 16.2 Å². The first kappa shape index (κ1) is 12.7. The number of carbonyl (C=O) groups excluding carboxylic acids is 2. The molecule has 0 aliphatic carbocycles. The normalized spacial score (nSPS) is 15.2. The first-order valence-corrected chi connectivity index (χ1v) is 5.35. The van der Waals surface area contributed by atoms with Crippen molar-refractivity contribution < 1.29 is 24.2 Å². The van der Waals surface area contributed by atoms with Gasteiger partial charge in [-0.1, -0.05) is 17.1 Å². The summed E-state index contributed by atoms with van der Waals surface area (Å²) in [4.78, 5) is 33.4. The number of methoxy groups -OCH3 is 1. The van der Waals surface area contributed by atoms with Gasteiger partial charge in [0, 0.05) is 7.11 Å². The van der Waals surface area contributed by atoms with E-state index < -0.39 is 17.6 Å². The summed E-state index contributed by atoms with van der Waals surface area (Å²) in [5.41, 5.74) is 0.586. The van der Waals surface area contributed by atoms with Crippen LogP contribution >= 0.6 is 0 Å². The quantitative estimate of drug-likeness (QED) is 0.351. The lowest BCUT2D eigenvalue weighted by molar-refractivity contribution is -0.471. The van der Waals surface area contributed by atoms with Crippen LogP contribution < -0.4 is 0 Å². The average molecular weight is 251 g/mol. The maximum atomic E-state index is 11.9. The van der Waals surface area contributed by atoms with E-state index in [2.05, 4.69) is 0 Å². The third-order valence-electron chi connectivity index (χ3n) is 2.56. The van der Waals surface area contributed by atoms with Crippen molar-refractivity contribution in [1.82, 2.24) is 5.06 Å². The molecule has 1 aliphatic rings. The number of imide groups is 1. The van der Waals surface area contributed by atoms with Crippen LogP contribution in [0.2, 0.25) is 0 Å². The van der Waals surface area contributed by atoms with Gasteiger partial charge < -0.3 is 4.74 Å². The first-order chi connectivity index (χ1) is 8.46. The summed E-state index contributed by atoms with van der Waals surface area (Å²) in [6.45, 7) is 3.18. The highest BCUT2D eigenvalue weighted by atomic mass is 17.3. The second kappa shape index (κ2) is 4.49. The van der Waals surface area contributed by atoms with Gasteiger partial charge >= 0.3 is 0 Å². The van der Waals surface area contributed by atoms with E-state index in [4.69, 9.17) is 14.6 Å². The van der Waals surface area contributed by atoms with Gasteiger partial charge in [-0.2, -0.15) is 4.89 Å². The van der Waals surface area contributed by atoms with Gasteiger partial charge in [0.25, 0.3) is 11.8 Å². The maximum Gasteiger partial charge on any atom is 0.288 e. The molecule has 1 aliphatic heterocycles. The van der Waals surface area contributed by atoms with Gasteiger partial charge in [0.2, 0.25) is 0 Å². The summed E-state index contributed by atoms with van der Waals surface area (Å²) >= 11 is 0. The van der Waals surface area contributed by atoms with E-state index in [9.17, 15) is 9.59 Å². The molecule has 0 fully saturated rings. The highest BCUT2D eigenvalue weighted by Gasteiger charge is 2.38. The van der Waals surface area contributed by atoms with Gasteiger partial charge in [0.15, 0.2) is 5.79 Å². The van der Waals surface area contributed by atoms with Crippen LogP contribution in [0.15, 0.2) is 24.3 Å². The number of hydroxylamine groups is 2. The SMILES string of the molecule is COC(C)(C)OON1C(=O)c2ccccc2C1=O. The third kappa shape index (κ3) is 2.13. The van der Waals surface area contributed by atoms with Gasteiger partial charge in [-0.05, 0) is 26.0 Å². The van der Waals surface area contributed by atoms with Crippen LogP contribution in [-0.2, 0) is 14.6 Å². The highest BCUT2D eigenvalue weighted by molar-refractivity contribution is 6.20. The summed E-state index contributed by atoms with van der Waals surface area (Å²) in [6.07, 6.45) is 0. The number of carbonyl (C=O) groups is 2. The van der Waals surface area contributed by atoms with Gasteiger partial charge in [0.1, 0.15) is 0 Å². The topological polar surface area (TPSA) is 65.1 Å². The van der Waals surface area contributed by atoms with Crippen molar-refractivity contribution in [1.29, 1.82) is 0 Å². The van der Waals surface area contributed by atoms with Crippen molar-refractivity contribution in [2.24, 2.45) is 0 Å². The first-order valence-electron chi connectivity index (χ1n) is 5.35. The van der Waals surface area contributed by atoms with Crippen LogP contribution in [0.25, 0.3) is 0 Å². The number of ether oxygens (including phenoxy) is 1. The molecule has 0 radical (unpaired) electrons. The summed E-state index contributed by atoms with van der Waals surface area (Å²) < 4.78 is 4.95. The zero-order chi connectivity index (χ0) is 13.3. The molecule has 6 nitrogen and oxygen atoms in total. The Labute approximate surface area is 104 Å². The minimum atomic E-state index is -1.06. The molecule has 1 heterocycles.